The van der Waals surface area contributed by atoms with E-state index in [-0.39, 0.29) is 33.6 Å². The Bertz CT molecular complexity index is 1860. The molecule has 0 bridgehead atoms. The molecule has 0 radical (unpaired) electrons. The first kappa shape index (κ1) is 30.5. The molecule has 13 heteroatoms. The van der Waals surface area contributed by atoms with Gasteiger partial charge in [0.05, 0.1) is 21.1 Å². The molecule has 9 nitrogen and oxygen atoms in total. The van der Waals surface area contributed by atoms with Gasteiger partial charge in [-0.05, 0) is 67.4 Å². The number of nitrogens with one attached hydrogen (secondary N) is 2. The lowest BCUT2D eigenvalue weighted by Gasteiger charge is -2.37. The van der Waals surface area contributed by atoms with Crippen molar-refractivity contribution in [3.8, 4) is 11.3 Å². The molecular weight excluding hydrogens is 605 g/mol. The number of aryl methyl sites for hydroxylation is 2. The highest BCUT2D eigenvalue weighted by Gasteiger charge is 2.39. The molecule has 2 amide bonds. The third-order valence-electron chi connectivity index (χ3n) is 8.21. The van der Waals surface area contributed by atoms with E-state index in [1.807, 2.05) is 24.1 Å². The molecule has 4 aromatic rings. The van der Waals surface area contributed by atoms with Crippen molar-refractivity contribution in [1.82, 2.24) is 19.4 Å². The quantitative estimate of drug-likeness (QED) is 0.290. The Morgan fingerprint density at radius 3 is 2.53 bits per heavy atom. The van der Waals surface area contributed by atoms with Crippen LogP contribution in [0.2, 0.25) is 0 Å². The summed E-state index contributed by atoms with van der Waals surface area (Å²) in [5.74, 6) is -4.34. The molecule has 2 aliphatic rings. The lowest BCUT2D eigenvalue weighted by molar-refractivity contribution is -0.139. The molecule has 234 valence electrons. The van der Waals surface area contributed by atoms with E-state index in [9.17, 15) is 27.6 Å². The van der Waals surface area contributed by atoms with E-state index in [2.05, 4.69) is 15.6 Å². The number of carbonyl (C=O) groups excluding carboxylic acids is 2. The summed E-state index contributed by atoms with van der Waals surface area (Å²) in [4.78, 5) is 46.8. The molecule has 0 spiro atoms. The van der Waals surface area contributed by atoms with Gasteiger partial charge in [-0.15, -0.1) is 11.3 Å². The number of thiophene rings is 1. The molecular formula is C32H31F3N6O3S. The highest BCUT2D eigenvalue weighted by Crippen LogP contribution is 2.44. The van der Waals surface area contributed by atoms with Crippen molar-refractivity contribution in [3.05, 3.63) is 91.8 Å². The van der Waals surface area contributed by atoms with Gasteiger partial charge in [0.1, 0.15) is 11.9 Å². The average molecular weight is 637 g/mol. The zero-order chi connectivity index (χ0) is 32.0. The van der Waals surface area contributed by atoms with Crippen LogP contribution in [0.1, 0.15) is 44.6 Å². The van der Waals surface area contributed by atoms with Crippen LogP contribution in [0.4, 0.5) is 30.4 Å². The fourth-order valence-electron chi connectivity index (χ4n) is 5.67. The van der Waals surface area contributed by atoms with Crippen LogP contribution in [-0.2, 0) is 24.2 Å². The second-order valence-electron chi connectivity index (χ2n) is 11.5. The van der Waals surface area contributed by atoms with Crippen molar-refractivity contribution < 1.29 is 22.8 Å². The van der Waals surface area contributed by atoms with Gasteiger partial charge in [-0.25, -0.2) is 18.2 Å². The van der Waals surface area contributed by atoms with Gasteiger partial charge in [0.2, 0.25) is 5.91 Å². The molecule has 1 unspecified atom stereocenters. The molecule has 1 aliphatic carbocycles. The van der Waals surface area contributed by atoms with E-state index < -0.39 is 29.2 Å². The summed E-state index contributed by atoms with van der Waals surface area (Å²) in [5.41, 5.74) is 2.05. The molecule has 2 aromatic heterocycles. The monoisotopic (exact) mass is 636 g/mol. The van der Waals surface area contributed by atoms with E-state index in [0.29, 0.717) is 41.9 Å². The van der Waals surface area contributed by atoms with Crippen LogP contribution in [0.25, 0.3) is 11.3 Å². The topological polar surface area (TPSA) is 99.6 Å². The Balaban J connectivity index is 1.23. The molecule has 3 heterocycles. The van der Waals surface area contributed by atoms with Crippen molar-refractivity contribution in [2.75, 3.05) is 37.8 Å². The molecule has 2 N–H and O–H groups in total. The maximum Gasteiger partial charge on any atom is 0.293 e. The maximum absolute atomic E-state index is 14.8. The van der Waals surface area contributed by atoms with Crippen molar-refractivity contribution in [3.63, 3.8) is 0 Å². The minimum atomic E-state index is -2.98. The van der Waals surface area contributed by atoms with Crippen molar-refractivity contribution in [2.24, 2.45) is 7.05 Å². The first-order valence-electron chi connectivity index (χ1n) is 14.4. The lowest BCUT2D eigenvalue weighted by atomic mass is 9.96. The number of benzene rings is 2. The molecule has 2 aromatic carbocycles. The van der Waals surface area contributed by atoms with Gasteiger partial charge >= 0.3 is 0 Å². The van der Waals surface area contributed by atoms with Crippen molar-refractivity contribution in [1.29, 1.82) is 0 Å². The third kappa shape index (κ3) is 5.97. The number of fused-ring (bicyclic) bond motifs is 1. The largest absolute Gasteiger partial charge is 0.343 e. The van der Waals surface area contributed by atoms with Crippen LogP contribution in [0.5, 0.6) is 0 Å². The number of nitrogens with zero attached hydrogens (tertiary/aromatic N) is 4. The van der Waals surface area contributed by atoms with E-state index in [0.717, 1.165) is 29.5 Å². The first-order chi connectivity index (χ1) is 21.4. The highest BCUT2D eigenvalue weighted by atomic mass is 32.1. The zero-order valence-corrected chi connectivity index (χ0v) is 25.7. The van der Waals surface area contributed by atoms with Gasteiger partial charge in [0, 0.05) is 51.1 Å². The summed E-state index contributed by atoms with van der Waals surface area (Å²) in [6.45, 7) is 1.42. The van der Waals surface area contributed by atoms with Crippen LogP contribution >= 0.6 is 11.3 Å². The third-order valence-corrected chi connectivity index (χ3v) is 9.50. The van der Waals surface area contributed by atoms with Crippen LogP contribution in [0, 0.1) is 5.82 Å². The van der Waals surface area contributed by atoms with Crippen LogP contribution < -0.4 is 16.2 Å². The summed E-state index contributed by atoms with van der Waals surface area (Å²) >= 11 is 0.727. The molecule has 1 aliphatic heterocycles. The number of likely N-dealkylation sites (N-methyl/N-ethyl adjacent to an activating group) is 2. The molecule has 6 rings (SSSR count). The van der Waals surface area contributed by atoms with Crippen molar-refractivity contribution in [2.45, 2.75) is 31.2 Å². The Kier molecular flexibility index (Phi) is 8.00. The summed E-state index contributed by atoms with van der Waals surface area (Å²) in [6.07, 6.45) is 2.03. The van der Waals surface area contributed by atoms with E-state index in [4.69, 9.17) is 0 Å². The first-order valence-corrected chi connectivity index (χ1v) is 15.2. The maximum atomic E-state index is 14.8. The number of amides is 2. The minimum Gasteiger partial charge on any atom is -0.343 e. The van der Waals surface area contributed by atoms with Crippen LogP contribution in [-0.4, -0.2) is 58.4 Å². The molecule has 0 saturated carbocycles. The van der Waals surface area contributed by atoms with Crippen LogP contribution in [0.15, 0.2) is 59.5 Å². The van der Waals surface area contributed by atoms with E-state index >= 15 is 0 Å². The number of rotatable bonds is 6. The van der Waals surface area contributed by atoms with Gasteiger partial charge in [-0.1, -0.05) is 12.1 Å². The van der Waals surface area contributed by atoms with Gasteiger partial charge in [0.25, 0.3) is 17.4 Å². The number of carbonyl (C=O) groups is 2. The second kappa shape index (κ2) is 11.8. The van der Waals surface area contributed by atoms with Gasteiger partial charge in [-0.2, -0.15) is 0 Å². The number of alkyl halides is 2. The van der Waals surface area contributed by atoms with E-state index in [1.165, 1.54) is 29.0 Å². The number of hydrogen-bond donors (Lipinski definition) is 2. The predicted octanol–water partition coefficient (Wildman–Crippen LogP) is 5.52. The Hall–Kier alpha value is -4.49. The Morgan fingerprint density at radius 1 is 1.04 bits per heavy atom. The zero-order valence-electron chi connectivity index (χ0n) is 24.9. The normalized spacial score (nSPS) is 18.0. The SMILES string of the molecule is CN1CCN(C)C(c2ccc(Nc3nc(-c4ccc(F)c(NC(=O)c5cc6c(s5)C(F)(F)CCC6)c4)cn(C)c3=O)cc2)C1=O. The van der Waals surface area contributed by atoms with Gasteiger partial charge in [0.15, 0.2) is 5.82 Å². The summed E-state index contributed by atoms with van der Waals surface area (Å²) in [5, 5.41) is 5.54. The van der Waals surface area contributed by atoms with Gasteiger partial charge < -0.3 is 20.1 Å². The molecule has 45 heavy (non-hydrogen) atoms. The summed E-state index contributed by atoms with van der Waals surface area (Å²) < 4.78 is 44.8. The fourth-order valence-corrected chi connectivity index (χ4v) is 6.78. The molecule has 1 fully saturated rings. The average Bonchev–Trinajstić information content (AvgIpc) is 3.46. The molecule has 1 saturated heterocycles. The van der Waals surface area contributed by atoms with Crippen LogP contribution in [0.3, 0.4) is 0 Å². The predicted molar refractivity (Wildman–Crippen MR) is 167 cm³/mol. The second-order valence-corrected chi connectivity index (χ2v) is 12.5. The fraction of sp³-hybridized carbons (Fsp3) is 0.312. The highest BCUT2D eigenvalue weighted by molar-refractivity contribution is 7.14. The Morgan fingerprint density at radius 2 is 1.80 bits per heavy atom. The number of hydrogen-bond acceptors (Lipinski definition) is 7. The smallest absolute Gasteiger partial charge is 0.293 e. The summed E-state index contributed by atoms with van der Waals surface area (Å²) in [6, 6.07) is 12.3. The lowest BCUT2D eigenvalue weighted by Crippen LogP contribution is -2.48. The van der Waals surface area contributed by atoms with Gasteiger partial charge in [-0.3, -0.25) is 19.3 Å². The minimum absolute atomic E-state index is 0.0126. The number of aromatic nitrogens is 2. The standard InChI is InChI=1S/C32H31F3N6O3S/c1-39-13-14-40(2)30(43)26(39)18-6-9-21(10-7-18)36-28-31(44)41(3)17-24(37-28)19-8-11-22(33)23(15-19)38-29(42)25-16-20-5-4-12-32(34,35)27(20)45-25/h6-11,15-17,26H,4-5,12-14H2,1-3H3,(H,36,37)(H,38,42). The number of piperazine rings is 1. The number of anilines is 3. The van der Waals surface area contributed by atoms with Crippen molar-refractivity contribution >= 4 is 40.3 Å². The number of halogens is 3. The Labute approximate surface area is 261 Å². The summed E-state index contributed by atoms with van der Waals surface area (Å²) in [7, 11) is 5.25. The molecule has 1 atom stereocenters. The van der Waals surface area contributed by atoms with E-state index in [1.54, 1.807) is 31.1 Å².